The Kier molecular flexibility index (Phi) is 5.82. The van der Waals surface area contributed by atoms with Crippen LogP contribution in [0.2, 0.25) is 0 Å². The Labute approximate surface area is 82.5 Å². The highest BCUT2D eigenvalue weighted by atomic mass is 16.7. The molecule has 0 aliphatic rings. The molecule has 0 spiro atoms. The number of hydrogen-bond acceptors (Lipinski definition) is 6. The van der Waals surface area contributed by atoms with Crippen LogP contribution in [0.3, 0.4) is 0 Å². The molecule has 0 saturated heterocycles. The molecule has 6 nitrogen and oxygen atoms in total. The first-order valence-corrected chi connectivity index (χ1v) is 4.27. The van der Waals surface area contributed by atoms with Crippen molar-refractivity contribution < 1.29 is 19.1 Å². The van der Waals surface area contributed by atoms with Crippen LogP contribution in [0, 0.1) is 0 Å². The third kappa shape index (κ3) is 7.51. The molecule has 0 fully saturated rings. The minimum Gasteiger partial charge on any atom is -0.425 e. The van der Waals surface area contributed by atoms with Gasteiger partial charge in [-0.3, -0.25) is 9.59 Å². The Morgan fingerprint density at radius 2 is 1.50 bits per heavy atom. The van der Waals surface area contributed by atoms with E-state index in [2.05, 4.69) is 0 Å². The zero-order valence-corrected chi connectivity index (χ0v) is 8.36. The summed E-state index contributed by atoms with van der Waals surface area (Å²) in [6.07, 6.45) is -0.689. The molecule has 6 heteroatoms. The molecule has 0 aromatic carbocycles. The molecule has 4 N–H and O–H groups in total. The summed E-state index contributed by atoms with van der Waals surface area (Å²) >= 11 is 0. The van der Waals surface area contributed by atoms with E-state index in [0.29, 0.717) is 12.8 Å². The first kappa shape index (κ1) is 12.9. The second kappa shape index (κ2) is 6.33. The van der Waals surface area contributed by atoms with E-state index in [1.54, 1.807) is 0 Å². The van der Waals surface area contributed by atoms with Crippen molar-refractivity contribution in [2.75, 3.05) is 0 Å². The molecule has 0 rings (SSSR count). The third-order valence-electron chi connectivity index (χ3n) is 1.33. The first-order valence-electron chi connectivity index (χ1n) is 4.27. The van der Waals surface area contributed by atoms with E-state index in [-0.39, 0.29) is 0 Å². The number of esters is 2. The zero-order chi connectivity index (χ0) is 11.1. The topological polar surface area (TPSA) is 105 Å². The fraction of sp³-hybridized carbons (Fsp3) is 0.750. The maximum Gasteiger partial charge on any atom is 0.305 e. The van der Waals surface area contributed by atoms with Crippen molar-refractivity contribution >= 4 is 11.9 Å². The van der Waals surface area contributed by atoms with Crippen LogP contribution in [0.1, 0.15) is 26.7 Å². The summed E-state index contributed by atoms with van der Waals surface area (Å²) in [4.78, 5) is 21.2. The van der Waals surface area contributed by atoms with Crippen LogP contribution in [0.15, 0.2) is 0 Å². The van der Waals surface area contributed by atoms with E-state index in [0.717, 1.165) is 0 Å². The van der Waals surface area contributed by atoms with E-state index in [1.165, 1.54) is 13.8 Å². The minimum atomic E-state index is -0.889. The molecular formula is C8H16N2O4. The zero-order valence-electron chi connectivity index (χ0n) is 8.36. The molecule has 0 atom stereocenters. The van der Waals surface area contributed by atoms with Crippen molar-refractivity contribution in [1.82, 2.24) is 0 Å². The van der Waals surface area contributed by atoms with Crippen molar-refractivity contribution in [3.8, 4) is 0 Å². The Hall–Kier alpha value is -1.14. The molecule has 0 heterocycles. The van der Waals surface area contributed by atoms with Gasteiger partial charge in [-0.15, -0.1) is 0 Å². The second-order valence-corrected chi connectivity index (χ2v) is 2.89. The fourth-order valence-corrected chi connectivity index (χ4v) is 0.841. The molecule has 0 bridgehead atoms. The van der Waals surface area contributed by atoms with Crippen LogP contribution < -0.4 is 11.5 Å². The van der Waals surface area contributed by atoms with Crippen molar-refractivity contribution in [1.29, 1.82) is 0 Å². The lowest BCUT2D eigenvalue weighted by molar-refractivity contribution is -0.186. The van der Waals surface area contributed by atoms with Gasteiger partial charge in [-0.05, 0) is 6.42 Å². The van der Waals surface area contributed by atoms with Crippen LogP contribution in [0.5, 0.6) is 0 Å². The lowest BCUT2D eigenvalue weighted by Crippen LogP contribution is -2.33. The quantitative estimate of drug-likeness (QED) is 0.460. The number of carbonyl (C=O) groups excluding carboxylic acids is 2. The number of ether oxygens (including phenoxy) is 2. The lowest BCUT2D eigenvalue weighted by atomic mass is 10.2. The summed E-state index contributed by atoms with van der Waals surface area (Å²) in [6.45, 7) is 2.47. The van der Waals surface area contributed by atoms with Crippen molar-refractivity contribution in [3.05, 3.63) is 0 Å². The van der Waals surface area contributed by atoms with Gasteiger partial charge in [0.05, 0.1) is 6.17 Å². The average molecular weight is 204 g/mol. The van der Waals surface area contributed by atoms with Crippen molar-refractivity contribution in [2.24, 2.45) is 11.5 Å². The molecule has 0 unspecified atom stereocenters. The second-order valence-electron chi connectivity index (χ2n) is 2.89. The summed E-state index contributed by atoms with van der Waals surface area (Å²) in [7, 11) is 0. The highest BCUT2D eigenvalue weighted by Gasteiger charge is 2.15. The van der Waals surface area contributed by atoms with Gasteiger partial charge in [0.1, 0.15) is 0 Å². The van der Waals surface area contributed by atoms with E-state index in [9.17, 15) is 9.59 Å². The maximum atomic E-state index is 10.6. The van der Waals surface area contributed by atoms with Gasteiger partial charge in [-0.2, -0.15) is 0 Å². The van der Waals surface area contributed by atoms with Gasteiger partial charge < -0.3 is 20.9 Å². The molecule has 0 aromatic heterocycles. The van der Waals surface area contributed by atoms with E-state index in [1.807, 2.05) is 0 Å². The number of carbonyl (C=O) groups is 2. The number of rotatable bonds is 5. The van der Waals surface area contributed by atoms with Gasteiger partial charge in [0.15, 0.2) is 0 Å². The van der Waals surface area contributed by atoms with Gasteiger partial charge in [0, 0.05) is 20.3 Å². The first-order chi connectivity index (χ1) is 6.41. The minimum absolute atomic E-state index is 0.302. The van der Waals surface area contributed by atoms with Gasteiger partial charge in [0.2, 0.25) is 6.29 Å². The largest absolute Gasteiger partial charge is 0.425 e. The predicted octanol–water partition coefficient (Wildman–Crippen LogP) is -0.538. The molecule has 82 valence electrons. The number of nitrogens with two attached hydrogens (primary N) is 2. The Balaban J connectivity index is 3.96. The summed E-state index contributed by atoms with van der Waals surface area (Å²) in [5, 5.41) is 0. The Morgan fingerprint density at radius 1 is 1.07 bits per heavy atom. The molecule has 0 radical (unpaired) electrons. The van der Waals surface area contributed by atoms with Crippen LogP contribution in [-0.2, 0) is 19.1 Å². The van der Waals surface area contributed by atoms with Gasteiger partial charge >= 0.3 is 11.9 Å². The van der Waals surface area contributed by atoms with E-state index < -0.39 is 24.4 Å². The smallest absolute Gasteiger partial charge is 0.305 e. The molecule has 0 aliphatic heterocycles. The van der Waals surface area contributed by atoms with Gasteiger partial charge in [-0.25, -0.2) is 0 Å². The molecule has 0 aromatic rings. The maximum absolute atomic E-state index is 10.6. The summed E-state index contributed by atoms with van der Waals surface area (Å²) < 4.78 is 9.44. The number of hydrogen-bond donors (Lipinski definition) is 2. The highest BCUT2D eigenvalue weighted by molar-refractivity contribution is 5.68. The monoisotopic (exact) mass is 204 g/mol. The normalized spacial score (nSPS) is 10.4. The van der Waals surface area contributed by atoms with E-state index in [4.69, 9.17) is 20.9 Å². The van der Waals surface area contributed by atoms with Crippen LogP contribution >= 0.6 is 0 Å². The Bertz CT molecular complexity index is 190. The summed E-state index contributed by atoms with van der Waals surface area (Å²) in [5.41, 5.74) is 10.6. The highest BCUT2D eigenvalue weighted by Crippen LogP contribution is 2.05. The van der Waals surface area contributed by atoms with Crippen LogP contribution in [0.25, 0.3) is 0 Å². The fourth-order valence-electron chi connectivity index (χ4n) is 0.841. The molecule has 0 saturated carbocycles. The van der Waals surface area contributed by atoms with Crippen molar-refractivity contribution in [3.63, 3.8) is 0 Å². The summed E-state index contributed by atoms with van der Waals surface area (Å²) in [6, 6.07) is 0. The van der Waals surface area contributed by atoms with Crippen LogP contribution in [-0.4, -0.2) is 24.4 Å². The van der Waals surface area contributed by atoms with Crippen molar-refractivity contribution in [2.45, 2.75) is 39.1 Å². The lowest BCUT2D eigenvalue weighted by Gasteiger charge is -2.17. The molecular weight excluding hydrogens is 188 g/mol. The summed E-state index contributed by atoms with van der Waals surface area (Å²) in [5.74, 6) is -1.02. The Morgan fingerprint density at radius 3 is 1.79 bits per heavy atom. The van der Waals surface area contributed by atoms with Crippen LogP contribution in [0.4, 0.5) is 0 Å². The standard InChI is InChI=1S/C8H16N2O4/c1-5(11)13-8(14-6(2)12)4-3-7(9)10/h7-8H,3-4,9-10H2,1-2H3. The van der Waals surface area contributed by atoms with Gasteiger partial charge in [-0.1, -0.05) is 0 Å². The SMILES string of the molecule is CC(=O)OC(CCC(N)N)OC(C)=O. The molecule has 0 amide bonds. The average Bonchev–Trinajstić information content (AvgIpc) is 1.97. The molecule has 0 aliphatic carbocycles. The van der Waals surface area contributed by atoms with Gasteiger partial charge in [0.25, 0.3) is 0 Å². The van der Waals surface area contributed by atoms with E-state index >= 15 is 0 Å². The third-order valence-corrected chi connectivity index (χ3v) is 1.33. The predicted molar refractivity (Wildman–Crippen MR) is 48.7 cm³/mol. The molecule has 14 heavy (non-hydrogen) atoms.